The normalized spacial score (nSPS) is 35.1. The molecule has 2 fully saturated rings. The third kappa shape index (κ3) is 1.80. The lowest BCUT2D eigenvalue weighted by Crippen LogP contribution is -2.41. The monoisotopic (exact) mass is 203 g/mol. The molecule has 0 aromatic heterocycles. The summed E-state index contributed by atoms with van der Waals surface area (Å²) in [6, 6.07) is 11.2. The fourth-order valence-electron chi connectivity index (χ4n) is 2.70. The van der Waals surface area contributed by atoms with Gasteiger partial charge >= 0.3 is 0 Å². The van der Waals surface area contributed by atoms with Gasteiger partial charge in [-0.15, -0.1) is 0 Å². The summed E-state index contributed by atoms with van der Waals surface area (Å²) in [7, 11) is 0. The maximum Gasteiger partial charge on any atom is 0.0845 e. The van der Waals surface area contributed by atoms with Crippen molar-refractivity contribution in [2.24, 2.45) is 0 Å². The summed E-state index contributed by atoms with van der Waals surface area (Å²) >= 11 is 0. The second-order valence-corrected chi connectivity index (χ2v) is 4.51. The van der Waals surface area contributed by atoms with E-state index in [1.54, 1.807) is 0 Å². The summed E-state index contributed by atoms with van der Waals surface area (Å²) in [4.78, 5) is 0. The van der Waals surface area contributed by atoms with Crippen molar-refractivity contribution < 1.29 is 4.74 Å². The molecule has 0 unspecified atom stereocenters. The molecule has 3 rings (SSSR count). The van der Waals surface area contributed by atoms with Gasteiger partial charge in [-0.2, -0.15) is 0 Å². The molecule has 0 radical (unpaired) electrons. The van der Waals surface area contributed by atoms with E-state index in [1.165, 1.54) is 18.4 Å². The van der Waals surface area contributed by atoms with E-state index in [4.69, 9.17) is 4.74 Å². The highest BCUT2D eigenvalue weighted by molar-refractivity contribution is 5.19. The molecule has 2 saturated heterocycles. The van der Waals surface area contributed by atoms with Gasteiger partial charge in [0.2, 0.25) is 0 Å². The van der Waals surface area contributed by atoms with E-state index >= 15 is 0 Å². The maximum atomic E-state index is 6.09. The van der Waals surface area contributed by atoms with Gasteiger partial charge < -0.3 is 10.1 Å². The number of fused-ring (bicyclic) bond motifs is 1. The smallest absolute Gasteiger partial charge is 0.0845 e. The molecule has 2 heterocycles. The summed E-state index contributed by atoms with van der Waals surface area (Å²) < 4.78 is 6.09. The summed E-state index contributed by atoms with van der Waals surface area (Å²) in [6.07, 6.45) is 4.37. The molecule has 1 N–H and O–H groups in total. The van der Waals surface area contributed by atoms with Gasteiger partial charge in [0, 0.05) is 6.04 Å². The first-order valence-corrected chi connectivity index (χ1v) is 5.87. The van der Waals surface area contributed by atoms with Crippen LogP contribution in [0.5, 0.6) is 0 Å². The number of rotatable bonds is 1. The minimum atomic E-state index is 0.312. The predicted octanol–water partition coefficient (Wildman–Crippen LogP) is 2.27. The van der Waals surface area contributed by atoms with Gasteiger partial charge in [0.05, 0.1) is 12.2 Å². The molecular formula is C13H17NO. The number of hydrogen-bond acceptors (Lipinski definition) is 2. The van der Waals surface area contributed by atoms with E-state index in [-0.39, 0.29) is 0 Å². The largest absolute Gasteiger partial charge is 0.369 e. The molecule has 0 amide bonds. The number of piperidine rings is 1. The topological polar surface area (TPSA) is 21.3 Å². The minimum Gasteiger partial charge on any atom is -0.369 e. The van der Waals surface area contributed by atoms with Gasteiger partial charge in [0.25, 0.3) is 0 Å². The van der Waals surface area contributed by atoms with Crippen molar-refractivity contribution in [1.29, 1.82) is 0 Å². The predicted molar refractivity (Wildman–Crippen MR) is 59.7 cm³/mol. The fourth-order valence-corrected chi connectivity index (χ4v) is 2.70. The Hall–Kier alpha value is -0.860. The molecular weight excluding hydrogens is 186 g/mol. The minimum absolute atomic E-state index is 0.312. The molecule has 0 saturated carbocycles. The Morgan fingerprint density at radius 2 is 2.07 bits per heavy atom. The number of ether oxygens (including phenoxy) is 1. The molecule has 1 aromatic rings. The van der Waals surface area contributed by atoms with E-state index < -0.39 is 0 Å². The van der Waals surface area contributed by atoms with Crippen LogP contribution in [0.4, 0.5) is 0 Å². The average molecular weight is 203 g/mol. The van der Waals surface area contributed by atoms with Crippen LogP contribution in [0.25, 0.3) is 0 Å². The van der Waals surface area contributed by atoms with Crippen LogP contribution in [0.1, 0.15) is 30.9 Å². The molecule has 2 heteroatoms. The van der Waals surface area contributed by atoms with Gasteiger partial charge in [-0.25, -0.2) is 0 Å². The molecule has 0 spiro atoms. The highest BCUT2D eigenvalue weighted by Crippen LogP contribution is 2.35. The maximum absolute atomic E-state index is 6.09. The molecule has 2 nitrogen and oxygen atoms in total. The quantitative estimate of drug-likeness (QED) is 0.756. The lowest BCUT2D eigenvalue weighted by atomic mass is 9.98. The van der Waals surface area contributed by atoms with Crippen molar-refractivity contribution in [3.63, 3.8) is 0 Å². The lowest BCUT2D eigenvalue weighted by Gasteiger charge is -2.24. The zero-order valence-corrected chi connectivity index (χ0v) is 8.86. The summed E-state index contributed by atoms with van der Waals surface area (Å²) in [5.41, 5.74) is 1.33. The summed E-state index contributed by atoms with van der Waals surface area (Å²) in [5, 5.41) is 3.56. The van der Waals surface area contributed by atoms with E-state index in [1.807, 2.05) is 0 Å². The van der Waals surface area contributed by atoms with E-state index in [2.05, 4.69) is 35.6 Å². The highest BCUT2D eigenvalue weighted by Gasteiger charge is 2.36. The average Bonchev–Trinajstić information content (AvgIpc) is 2.74. The van der Waals surface area contributed by atoms with Crippen LogP contribution in [0.3, 0.4) is 0 Å². The van der Waals surface area contributed by atoms with Crippen molar-refractivity contribution in [3.05, 3.63) is 35.9 Å². The zero-order valence-electron chi connectivity index (χ0n) is 8.86. The van der Waals surface area contributed by atoms with E-state index in [0.29, 0.717) is 18.2 Å². The Kier molecular flexibility index (Phi) is 2.47. The Bertz CT molecular complexity index is 311. The third-order valence-corrected chi connectivity index (χ3v) is 3.50. The van der Waals surface area contributed by atoms with Crippen LogP contribution in [0, 0.1) is 0 Å². The number of benzene rings is 1. The first-order chi connectivity index (χ1) is 7.43. The van der Waals surface area contributed by atoms with Gasteiger partial charge in [-0.3, -0.25) is 0 Å². The highest BCUT2D eigenvalue weighted by atomic mass is 16.5. The molecule has 2 aliphatic rings. The van der Waals surface area contributed by atoms with Crippen molar-refractivity contribution in [3.8, 4) is 0 Å². The van der Waals surface area contributed by atoms with E-state index in [0.717, 1.165) is 13.0 Å². The van der Waals surface area contributed by atoms with Gasteiger partial charge in [-0.05, 0) is 31.4 Å². The molecule has 0 aliphatic carbocycles. The molecule has 0 bridgehead atoms. The third-order valence-electron chi connectivity index (χ3n) is 3.50. The molecule has 2 aliphatic heterocycles. The van der Waals surface area contributed by atoms with Crippen molar-refractivity contribution in [2.75, 3.05) is 6.54 Å². The van der Waals surface area contributed by atoms with Gasteiger partial charge in [0.1, 0.15) is 0 Å². The van der Waals surface area contributed by atoms with Crippen LogP contribution >= 0.6 is 0 Å². The zero-order chi connectivity index (χ0) is 10.1. The van der Waals surface area contributed by atoms with E-state index in [9.17, 15) is 0 Å². The molecule has 15 heavy (non-hydrogen) atoms. The van der Waals surface area contributed by atoms with Crippen LogP contribution in [-0.2, 0) is 4.74 Å². The summed E-state index contributed by atoms with van der Waals surface area (Å²) in [6.45, 7) is 1.16. The number of nitrogens with one attached hydrogen (secondary N) is 1. The second-order valence-electron chi connectivity index (χ2n) is 4.51. The van der Waals surface area contributed by atoms with Crippen molar-refractivity contribution >= 4 is 0 Å². The number of hydrogen-bond donors (Lipinski definition) is 1. The van der Waals surface area contributed by atoms with Gasteiger partial charge in [0.15, 0.2) is 0 Å². The van der Waals surface area contributed by atoms with Crippen LogP contribution in [0.2, 0.25) is 0 Å². The first kappa shape index (κ1) is 9.37. The van der Waals surface area contributed by atoms with Crippen LogP contribution < -0.4 is 5.32 Å². The van der Waals surface area contributed by atoms with Crippen LogP contribution in [-0.4, -0.2) is 18.7 Å². The lowest BCUT2D eigenvalue weighted by molar-refractivity contribution is 0.0259. The van der Waals surface area contributed by atoms with Gasteiger partial charge in [-0.1, -0.05) is 30.3 Å². The molecule has 3 atom stereocenters. The Morgan fingerprint density at radius 1 is 1.20 bits per heavy atom. The Labute approximate surface area is 90.6 Å². The first-order valence-electron chi connectivity index (χ1n) is 5.87. The van der Waals surface area contributed by atoms with Crippen LogP contribution in [0.15, 0.2) is 30.3 Å². The molecule has 80 valence electrons. The second kappa shape index (κ2) is 3.95. The molecule has 1 aromatic carbocycles. The Balaban J connectivity index is 1.75. The van der Waals surface area contributed by atoms with Crippen molar-refractivity contribution in [2.45, 2.75) is 37.5 Å². The Morgan fingerprint density at radius 3 is 2.87 bits per heavy atom. The van der Waals surface area contributed by atoms with Crippen molar-refractivity contribution in [1.82, 2.24) is 5.32 Å². The SMILES string of the molecule is c1ccc([C@@H]2C[C@@H]3NCCC[C@@H]3O2)cc1. The summed E-state index contributed by atoms with van der Waals surface area (Å²) in [5.74, 6) is 0. The fraction of sp³-hybridized carbons (Fsp3) is 0.538. The standard InChI is InChI=1S/C13H17NO/c1-2-5-10(6-3-1)13-9-11-12(15-13)7-4-8-14-11/h1-3,5-6,11-14H,4,7-9H2/t11-,12-,13-/m0/s1.